The summed E-state index contributed by atoms with van der Waals surface area (Å²) in [7, 11) is 0. The normalized spacial score (nSPS) is 10.0. The average molecular weight is 291 g/mol. The van der Waals surface area contributed by atoms with E-state index in [1.165, 1.54) is 18.2 Å². The van der Waals surface area contributed by atoms with Crippen molar-refractivity contribution in [1.29, 1.82) is 0 Å². The maximum atomic E-state index is 13.3. The first kappa shape index (κ1) is 14.6. The van der Waals surface area contributed by atoms with E-state index < -0.39 is 17.8 Å². The first-order chi connectivity index (χ1) is 9.97. The Hall–Kier alpha value is -2.83. The summed E-state index contributed by atoms with van der Waals surface area (Å²) < 4.78 is 18.5. The molecule has 0 unspecified atom stereocenters. The van der Waals surface area contributed by atoms with E-state index in [2.05, 4.69) is 16.2 Å². The lowest BCUT2D eigenvalue weighted by molar-refractivity contribution is 0.0936. The third kappa shape index (κ3) is 3.59. The summed E-state index contributed by atoms with van der Waals surface area (Å²) >= 11 is 0. The maximum Gasteiger partial charge on any atom is 0.338 e. The van der Waals surface area contributed by atoms with Crippen LogP contribution in [0.2, 0.25) is 0 Å². The molecule has 0 saturated heterocycles. The van der Waals surface area contributed by atoms with Gasteiger partial charge in [0.2, 0.25) is 0 Å². The van der Waals surface area contributed by atoms with Crippen molar-refractivity contribution in [2.24, 2.45) is 0 Å². The molecule has 3 amide bonds. The molecule has 0 aliphatic heterocycles. The number of carbonyl (C=O) groups is 2. The fourth-order valence-electron chi connectivity index (χ4n) is 1.75. The number of hydrazine groups is 1. The summed E-state index contributed by atoms with van der Waals surface area (Å²) in [5.74, 6) is -0.0527. The van der Waals surface area contributed by atoms with Crippen molar-refractivity contribution in [1.82, 2.24) is 10.9 Å². The van der Waals surface area contributed by atoms with Gasteiger partial charge in [-0.05, 0) is 32.0 Å². The van der Waals surface area contributed by atoms with E-state index in [0.717, 1.165) is 0 Å². The van der Waals surface area contributed by atoms with Gasteiger partial charge >= 0.3 is 6.03 Å². The number of furan rings is 1. The number of aryl methyl sites for hydroxylation is 2. The highest BCUT2D eigenvalue weighted by Gasteiger charge is 2.14. The van der Waals surface area contributed by atoms with E-state index in [1.54, 1.807) is 26.0 Å². The van der Waals surface area contributed by atoms with Crippen molar-refractivity contribution in [3.05, 3.63) is 53.2 Å². The third-order valence-electron chi connectivity index (χ3n) is 2.70. The van der Waals surface area contributed by atoms with E-state index in [4.69, 9.17) is 4.42 Å². The zero-order chi connectivity index (χ0) is 15.4. The van der Waals surface area contributed by atoms with Crippen LogP contribution in [0.3, 0.4) is 0 Å². The van der Waals surface area contributed by atoms with Crippen LogP contribution in [0.5, 0.6) is 0 Å². The van der Waals surface area contributed by atoms with Gasteiger partial charge in [-0.3, -0.25) is 10.2 Å². The smallest absolute Gasteiger partial charge is 0.338 e. The largest absolute Gasteiger partial charge is 0.466 e. The Morgan fingerprint density at radius 2 is 1.86 bits per heavy atom. The molecule has 0 fully saturated rings. The number of benzene rings is 1. The number of anilines is 1. The predicted molar refractivity (Wildman–Crippen MR) is 74.2 cm³/mol. The molecule has 0 atom stereocenters. The molecule has 0 spiro atoms. The van der Waals surface area contributed by atoms with Crippen molar-refractivity contribution in [3.63, 3.8) is 0 Å². The van der Waals surface area contributed by atoms with Gasteiger partial charge in [0, 0.05) is 0 Å². The standard InChI is InChI=1S/C14H14FN3O3/c1-8-7-10(9(2)21-8)13(19)17-18-14(20)16-12-6-4-3-5-11(12)15/h3-7H,1-2H3,(H,17,19)(H2,16,18,20). The molecule has 0 saturated carbocycles. The first-order valence-electron chi connectivity index (χ1n) is 6.16. The highest BCUT2D eigenvalue weighted by molar-refractivity contribution is 5.97. The molecule has 0 radical (unpaired) electrons. The van der Waals surface area contributed by atoms with Crippen LogP contribution >= 0.6 is 0 Å². The predicted octanol–water partition coefficient (Wildman–Crippen LogP) is 2.50. The molecule has 21 heavy (non-hydrogen) atoms. The highest BCUT2D eigenvalue weighted by Crippen LogP contribution is 2.13. The number of para-hydroxylation sites is 1. The van der Waals surface area contributed by atoms with Crippen LogP contribution in [0.15, 0.2) is 34.7 Å². The molecule has 2 aromatic rings. The monoisotopic (exact) mass is 291 g/mol. The fraction of sp³-hybridized carbons (Fsp3) is 0.143. The van der Waals surface area contributed by atoms with Crippen molar-refractivity contribution in [2.45, 2.75) is 13.8 Å². The molecule has 3 N–H and O–H groups in total. The van der Waals surface area contributed by atoms with Crippen molar-refractivity contribution >= 4 is 17.6 Å². The minimum Gasteiger partial charge on any atom is -0.466 e. The van der Waals surface area contributed by atoms with Gasteiger partial charge < -0.3 is 9.73 Å². The Kier molecular flexibility index (Phi) is 4.22. The second-order valence-electron chi connectivity index (χ2n) is 4.34. The molecular formula is C14H14FN3O3. The summed E-state index contributed by atoms with van der Waals surface area (Å²) in [6, 6.07) is 6.50. The molecule has 1 aromatic heterocycles. The first-order valence-corrected chi connectivity index (χ1v) is 6.16. The van der Waals surface area contributed by atoms with Crippen LogP contribution in [-0.2, 0) is 0 Å². The molecule has 7 heteroatoms. The summed E-state index contributed by atoms with van der Waals surface area (Å²) in [4.78, 5) is 23.4. The van der Waals surface area contributed by atoms with E-state index in [1.807, 2.05) is 0 Å². The molecule has 6 nitrogen and oxygen atoms in total. The second-order valence-corrected chi connectivity index (χ2v) is 4.34. The molecule has 0 bridgehead atoms. The number of urea groups is 1. The van der Waals surface area contributed by atoms with Crippen LogP contribution in [0, 0.1) is 19.7 Å². The molecule has 1 heterocycles. The quantitative estimate of drug-likeness (QED) is 0.743. The Morgan fingerprint density at radius 3 is 2.48 bits per heavy atom. The molecule has 1 aromatic carbocycles. The molecule has 110 valence electrons. The van der Waals surface area contributed by atoms with Gasteiger partial charge in [0.1, 0.15) is 17.3 Å². The lowest BCUT2D eigenvalue weighted by atomic mass is 10.2. The average Bonchev–Trinajstić information content (AvgIpc) is 2.78. The van der Waals surface area contributed by atoms with Gasteiger partial charge in [0.15, 0.2) is 0 Å². The van der Waals surface area contributed by atoms with Crippen molar-refractivity contribution < 1.29 is 18.4 Å². The number of hydrogen-bond acceptors (Lipinski definition) is 3. The Morgan fingerprint density at radius 1 is 1.14 bits per heavy atom. The topological polar surface area (TPSA) is 83.4 Å². The Bertz CT molecular complexity index is 682. The Balaban J connectivity index is 1.91. The van der Waals surface area contributed by atoms with Crippen molar-refractivity contribution in [2.75, 3.05) is 5.32 Å². The van der Waals surface area contributed by atoms with Crippen LogP contribution in [0.1, 0.15) is 21.9 Å². The molecule has 0 aliphatic rings. The zero-order valence-corrected chi connectivity index (χ0v) is 11.5. The number of halogens is 1. The van der Waals surface area contributed by atoms with Gasteiger partial charge in [-0.2, -0.15) is 0 Å². The van der Waals surface area contributed by atoms with E-state index in [-0.39, 0.29) is 5.69 Å². The number of nitrogens with one attached hydrogen (secondary N) is 3. The van der Waals surface area contributed by atoms with Crippen LogP contribution in [0.4, 0.5) is 14.9 Å². The summed E-state index contributed by atoms with van der Waals surface area (Å²) in [5.41, 5.74) is 4.68. The van der Waals surface area contributed by atoms with Gasteiger partial charge in [0.25, 0.3) is 5.91 Å². The SMILES string of the molecule is Cc1cc(C(=O)NNC(=O)Nc2ccccc2F)c(C)o1. The molecule has 2 rings (SSSR count). The zero-order valence-electron chi connectivity index (χ0n) is 11.5. The van der Waals surface area contributed by atoms with Crippen LogP contribution in [-0.4, -0.2) is 11.9 Å². The summed E-state index contributed by atoms with van der Waals surface area (Å²) in [6.07, 6.45) is 0. The van der Waals surface area contributed by atoms with Crippen molar-refractivity contribution in [3.8, 4) is 0 Å². The Labute approximate surface area is 120 Å². The number of hydrogen-bond donors (Lipinski definition) is 3. The van der Waals surface area contributed by atoms with E-state index >= 15 is 0 Å². The number of carbonyl (C=O) groups excluding carboxylic acids is 2. The summed E-state index contributed by atoms with van der Waals surface area (Å²) in [6.45, 7) is 3.35. The van der Waals surface area contributed by atoms with E-state index in [0.29, 0.717) is 17.1 Å². The summed E-state index contributed by atoms with van der Waals surface area (Å²) in [5, 5.41) is 2.27. The third-order valence-corrected chi connectivity index (χ3v) is 2.70. The number of rotatable bonds is 2. The highest BCUT2D eigenvalue weighted by atomic mass is 19.1. The maximum absolute atomic E-state index is 13.3. The van der Waals surface area contributed by atoms with Gasteiger partial charge in [-0.25, -0.2) is 14.6 Å². The molecular weight excluding hydrogens is 277 g/mol. The fourth-order valence-corrected chi connectivity index (χ4v) is 1.75. The lowest BCUT2D eigenvalue weighted by Gasteiger charge is -2.09. The number of amides is 3. The van der Waals surface area contributed by atoms with E-state index in [9.17, 15) is 14.0 Å². The molecule has 0 aliphatic carbocycles. The second kappa shape index (κ2) is 6.08. The minimum absolute atomic E-state index is 0.0135. The van der Waals surface area contributed by atoms with Crippen LogP contribution < -0.4 is 16.2 Å². The van der Waals surface area contributed by atoms with Gasteiger partial charge in [0.05, 0.1) is 11.3 Å². The lowest BCUT2D eigenvalue weighted by Crippen LogP contribution is -2.44. The van der Waals surface area contributed by atoms with Crippen LogP contribution in [0.25, 0.3) is 0 Å². The van der Waals surface area contributed by atoms with Gasteiger partial charge in [-0.15, -0.1) is 0 Å². The van der Waals surface area contributed by atoms with Gasteiger partial charge in [-0.1, -0.05) is 12.1 Å². The minimum atomic E-state index is -0.758.